The van der Waals surface area contributed by atoms with E-state index in [0.29, 0.717) is 6.41 Å². The van der Waals surface area contributed by atoms with E-state index in [1.807, 2.05) is 19.9 Å². The molecule has 0 saturated heterocycles. The van der Waals surface area contributed by atoms with Gasteiger partial charge in [0.1, 0.15) is 5.75 Å². The largest absolute Gasteiger partial charge is 0.508 e. The highest BCUT2D eigenvalue weighted by atomic mass is 16.5. The van der Waals surface area contributed by atoms with Crippen molar-refractivity contribution in [3.05, 3.63) is 29.3 Å². The zero-order valence-electron chi connectivity index (χ0n) is 15.7. The van der Waals surface area contributed by atoms with Crippen LogP contribution in [-0.2, 0) is 16.0 Å². The highest BCUT2D eigenvalue weighted by molar-refractivity contribution is 5.85. The molecule has 1 aromatic carbocycles. The van der Waals surface area contributed by atoms with Gasteiger partial charge in [0.05, 0.1) is 12.1 Å². The lowest BCUT2D eigenvalue weighted by Gasteiger charge is -2.42. The van der Waals surface area contributed by atoms with Gasteiger partial charge in [-0.2, -0.15) is 0 Å². The predicted octanol–water partition coefficient (Wildman–Crippen LogP) is 3.14. The summed E-state index contributed by atoms with van der Waals surface area (Å²) < 4.78 is 5.51. The molecule has 1 unspecified atom stereocenters. The number of phenols is 1. The minimum atomic E-state index is -0.385. The second-order valence-corrected chi connectivity index (χ2v) is 7.85. The summed E-state index contributed by atoms with van der Waals surface area (Å²) in [5.41, 5.74) is 2.03. The number of amides is 3. The van der Waals surface area contributed by atoms with Crippen LogP contribution in [0.4, 0.5) is 4.79 Å². The van der Waals surface area contributed by atoms with Crippen molar-refractivity contribution in [3.63, 3.8) is 0 Å². The molecule has 6 heteroatoms. The smallest absolute Gasteiger partial charge is 0.324 e. The molecule has 0 bridgehead atoms. The Bertz CT molecular complexity index is 680. The molecule has 3 rings (SSSR count). The average Bonchev–Trinajstić information content (AvgIpc) is 2.89. The third-order valence-corrected chi connectivity index (χ3v) is 6.03. The molecule has 142 valence electrons. The second-order valence-electron chi connectivity index (χ2n) is 7.85. The molecule has 0 heterocycles. The Morgan fingerprint density at radius 3 is 2.65 bits per heavy atom. The summed E-state index contributed by atoms with van der Waals surface area (Å²) in [5, 5.41) is 13.1. The van der Waals surface area contributed by atoms with Crippen molar-refractivity contribution in [3.8, 4) is 5.75 Å². The van der Waals surface area contributed by atoms with Gasteiger partial charge in [-0.05, 0) is 74.6 Å². The fraction of sp³-hybridized carbons (Fsp3) is 0.600. The summed E-state index contributed by atoms with van der Waals surface area (Å²) in [6.07, 6.45) is 5.48. The van der Waals surface area contributed by atoms with E-state index in [1.54, 1.807) is 19.2 Å². The Kier molecular flexibility index (Phi) is 5.23. The molecular formula is C20H28N2O4. The van der Waals surface area contributed by atoms with Gasteiger partial charge in [-0.25, -0.2) is 4.79 Å². The summed E-state index contributed by atoms with van der Waals surface area (Å²) >= 11 is 0. The molecule has 0 aromatic heterocycles. The molecule has 1 atom stereocenters. The summed E-state index contributed by atoms with van der Waals surface area (Å²) in [4.78, 5) is 25.2. The van der Waals surface area contributed by atoms with Gasteiger partial charge in [0.2, 0.25) is 6.41 Å². The van der Waals surface area contributed by atoms with Gasteiger partial charge in [-0.3, -0.25) is 9.69 Å². The SMILES string of the molecule is COC1CCC2(CC1)Cc1ccc(O)cc1C2NC(=O)N(C=O)C(C)C. The predicted molar refractivity (Wildman–Crippen MR) is 97.8 cm³/mol. The second kappa shape index (κ2) is 7.27. The molecule has 3 amide bonds. The fourth-order valence-electron chi connectivity index (χ4n) is 4.52. The minimum Gasteiger partial charge on any atom is -0.508 e. The fourth-order valence-corrected chi connectivity index (χ4v) is 4.52. The molecule has 1 fully saturated rings. The van der Waals surface area contributed by atoms with Crippen LogP contribution in [0.2, 0.25) is 0 Å². The van der Waals surface area contributed by atoms with Crippen LogP contribution in [0.5, 0.6) is 5.75 Å². The lowest BCUT2D eigenvalue weighted by molar-refractivity contribution is -0.116. The van der Waals surface area contributed by atoms with E-state index in [2.05, 4.69) is 5.32 Å². The van der Waals surface area contributed by atoms with Gasteiger partial charge in [0.15, 0.2) is 0 Å². The van der Waals surface area contributed by atoms with Crippen molar-refractivity contribution in [1.29, 1.82) is 0 Å². The zero-order chi connectivity index (χ0) is 18.9. The molecule has 2 aliphatic rings. The van der Waals surface area contributed by atoms with E-state index in [0.717, 1.165) is 43.2 Å². The molecular weight excluding hydrogens is 332 g/mol. The monoisotopic (exact) mass is 360 g/mol. The number of fused-ring (bicyclic) bond motifs is 1. The van der Waals surface area contributed by atoms with Crippen LogP contribution >= 0.6 is 0 Å². The number of hydrogen-bond acceptors (Lipinski definition) is 4. The Balaban J connectivity index is 1.91. The highest BCUT2D eigenvalue weighted by Crippen LogP contribution is 2.54. The number of nitrogens with zero attached hydrogens (tertiary/aromatic N) is 1. The molecule has 6 nitrogen and oxygen atoms in total. The van der Waals surface area contributed by atoms with Crippen LogP contribution in [-0.4, -0.2) is 41.7 Å². The molecule has 0 radical (unpaired) electrons. The molecule has 1 spiro atoms. The number of methoxy groups -OCH3 is 1. The first-order chi connectivity index (χ1) is 12.4. The molecule has 26 heavy (non-hydrogen) atoms. The number of rotatable bonds is 4. The highest BCUT2D eigenvalue weighted by Gasteiger charge is 2.49. The maximum Gasteiger partial charge on any atom is 0.324 e. The van der Waals surface area contributed by atoms with Crippen molar-refractivity contribution in [2.75, 3.05) is 7.11 Å². The van der Waals surface area contributed by atoms with E-state index in [4.69, 9.17) is 4.74 Å². The maximum atomic E-state index is 12.7. The van der Waals surface area contributed by atoms with Crippen molar-refractivity contribution in [1.82, 2.24) is 10.2 Å². The lowest BCUT2D eigenvalue weighted by atomic mass is 9.68. The van der Waals surface area contributed by atoms with Crippen LogP contribution in [0.3, 0.4) is 0 Å². The van der Waals surface area contributed by atoms with Crippen molar-refractivity contribution >= 4 is 12.4 Å². The number of carbonyl (C=O) groups is 2. The van der Waals surface area contributed by atoms with E-state index in [1.165, 1.54) is 4.90 Å². The minimum absolute atomic E-state index is 0.0909. The molecule has 1 saturated carbocycles. The number of ether oxygens (including phenoxy) is 1. The normalized spacial score (nSPS) is 27.4. The molecule has 2 N–H and O–H groups in total. The summed E-state index contributed by atoms with van der Waals surface area (Å²) in [5.74, 6) is 0.196. The van der Waals surface area contributed by atoms with Crippen LogP contribution < -0.4 is 5.32 Å². The zero-order valence-corrected chi connectivity index (χ0v) is 15.7. The van der Waals surface area contributed by atoms with E-state index in [-0.39, 0.29) is 35.4 Å². The summed E-state index contributed by atoms with van der Waals surface area (Å²) in [6.45, 7) is 3.62. The number of benzene rings is 1. The van der Waals surface area contributed by atoms with Crippen molar-refractivity contribution < 1.29 is 19.4 Å². The van der Waals surface area contributed by atoms with E-state index in [9.17, 15) is 14.7 Å². The summed E-state index contributed by atoms with van der Waals surface area (Å²) in [7, 11) is 1.74. The first-order valence-electron chi connectivity index (χ1n) is 9.29. The number of phenolic OH excluding ortho intramolecular Hbond substituents is 1. The van der Waals surface area contributed by atoms with Gasteiger partial charge >= 0.3 is 6.03 Å². The number of urea groups is 1. The average molecular weight is 360 g/mol. The maximum absolute atomic E-state index is 12.7. The van der Waals surface area contributed by atoms with Crippen LogP contribution in [0.15, 0.2) is 18.2 Å². The topological polar surface area (TPSA) is 78.9 Å². The number of imide groups is 1. The quantitative estimate of drug-likeness (QED) is 0.809. The van der Waals surface area contributed by atoms with Gasteiger partial charge in [0.25, 0.3) is 0 Å². The summed E-state index contributed by atoms with van der Waals surface area (Å²) in [6, 6.07) is 4.58. The number of nitrogens with one attached hydrogen (secondary N) is 1. The lowest BCUT2D eigenvalue weighted by Crippen LogP contribution is -2.48. The first kappa shape index (κ1) is 18.7. The third-order valence-electron chi connectivity index (χ3n) is 6.03. The number of carbonyl (C=O) groups excluding carboxylic acids is 2. The van der Waals surface area contributed by atoms with Crippen molar-refractivity contribution in [2.24, 2.45) is 5.41 Å². The Labute approximate surface area is 154 Å². The molecule has 1 aromatic rings. The Morgan fingerprint density at radius 2 is 2.08 bits per heavy atom. The van der Waals surface area contributed by atoms with Crippen molar-refractivity contribution in [2.45, 2.75) is 64.1 Å². The molecule has 2 aliphatic carbocycles. The van der Waals surface area contributed by atoms with Gasteiger partial charge in [0, 0.05) is 13.2 Å². The van der Waals surface area contributed by atoms with Crippen LogP contribution in [0.25, 0.3) is 0 Å². The first-order valence-corrected chi connectivity index (χ1v) is 9.29. The van der Waals surface area contributed by atoms with Gasteiger partial charge < -0.3 is 15.2 Å². The van der Waals surface area contributed by atoms with E-state index >= 15 is 0 Å². The number of aromatic hydroxyl groups is 1. The molecule has 0 aliphatic heterocycles. The van der Waals surface area contributed by atoms with E-state index < -0.39 is 0 Å². The van der Waals surface area contributed by atoms with Crippen LogP contribution in [0.1, 0.15) is 56.7 Å². The Hall–Kier alpha value is -2.08. The van der Waals surface area contributed by atoms with Gasteiger partial charge in [-0.1, -0.05) is 6.07 Å². The number of hydrogen-bond donors (Lipinski definition) is 2. The Morgan fingerprint density at radius 1 is 1.38 bits per heavy atom. The van der Waals surface area contributed by atoms with Gasteiger partial charge in [-0.15, -0.1) is 0 Å². The standard InChI is InChI=1S/C20H28N2O4/c1-13(2)22(12-23)19(25)21-18-17-10-15(24)5-4-14(17)11-20(18)8-6-16(26-3)7-9-20/h4-5,10,12-13,16,18,24H,6-9,11H2,1-3H3,(H,21,25). The third kappa shape index (κ3) is 3.30. The van der Waals surface area contributed by atoms with Crippen LogP contribution in [0, 0.1) is 5.41 Å².